The van der Waals surface area contributed by atoms with Gasteiger partial charge in [0.05, 0.1) is 5.75 Å². The first kappa shape index (κ1) is 14.1. The minimum absolute atomic E-state index is 0.230. The van der Waals surface area contributed by atoms with E-state index in [1.165, 1.54) is 24.6 Å². The van der Waals surface area contributed by atoms with E-state index in [-0.39, 0.29) is 5.91 Å². The summed E-state index contributed by atoms with van der Waals surface area (Å²) in [6.45, 7) is 4.07. The number of amides is 1. The molecule has 1 N–H and O–H groups in total. The molecule has 2 heterocycles. The summed E-state index contributed by atoms with van der Waals surface area (Å²) in [6.07, 6.45) is 4.72. The Bertz CT molecular complexity index is 467. The first-order chi connectivity index (χ1) is 9.70. The van der Waals surface area contributed by atoms with E-state index in [0.717, 1.165) is 41.3 Å². The maximum atomic E-state index is 12.1. The fourth-order valence-electron chi connectivity index (χ4n) is 2.20. The molecule has 1 saturated carbocycles. The summed E-state index contributed by atoms with van der Waals surface area (Å²) in [5, 5.41) is 12.4. The highest BCUT2D eigenvalue weighted by molar-refractivity contribution is 8.01. The maximum absolute atomic E-state index is 12.1. The minimum atomic E-state index is 0.230. The molecule has 0 atom stereocenters. The smallest absolute Gasteiger partial charge is 0.233 e. The first-order valence-electron chi connectivity index (χ1n) is 7.21. The molecule has 2 aliphatic rings. The molecule has 1 saturated heterocycles. The second kappa shape index (κ2) is 6.30. The number of thioether (sulfide) groups is 1. The number of hydrogen-bond donors (Lipinski definition) is 1. The van der Waals surface area contributed by atoms with Crippen LogP contribution in [0.1, 0.15) is 32.6 Å². The predicted octanol–water partition coefficient (Wildman–Crippen LogP) is 2.46. The van der Waals surface area contributed by atoms with Gasteiger partial charge in [-0.15, -0.1) is 10.2 Å². The van der Waals surface area contributed by atoms with E-state index in [9.17, 15) is 4.79 Å². The zero-order valence-electron chi connectivity index (χ0n) is 11.7. The van der Waals surface area contributed by atoms with Crippen molar-refractivity contribution in [3.8, 4) is 0 Å². The molecule has 1 amide bonds. The van der Waals surface area contributed by atoms with E-state index >= 15 is 0 Å². The molecule has 0 radical (unpaired) electrons. The average Bonchev–Trinajstić information content (AvgIpc) is 3.14. The highest BCUT2D eigenvalue weighted by atomic mass is 32.2. The lowest BCUT2D eigenvalue weighted by atomic mass is 9.99. The van der Waals surface area contributed by atoms with Crippen LogP contribution in [-0.2, 0) is 4.79 Å². The third kappa shape index (κ3) is 3.85. The number of aromatic nitrogens is 2. The Morgan fingerprint density at radius 1 is 1.35 bits per heavy atom. The molecule has 7 heteroatoms. The van der Waals surface area contributed by atoms with Crippen molar-refractivity contribution in [2.24, 2.45) is 5.92 Å². The summed E-state index contributed by atoms with van der Waals surface area (Å²) in [5.74, 6) is 1.46. The van der Waals surface area contributed by atoms with E-state index in [4.69, 9.17) is 0 Å². The standard InChI is InChI=1S/C13H20N4OS2/c1-9-4-6-17(7-5-9)11(18)8-19-13-16-15-12(20-13)14-10-2-3-10/h9-10H,2-8H2,1H3,(H,14,15). The van der Waals surface area contributed by atoms with Crippen LogP contribution in [0.4, 0.5) is 5.13 Å². The second-order valence-electron chi connectivity index (χ2n) is 5.64. The number of anilines is 1. The fraction of sp³-hybridized carbons (Fsp3) is 0.769. The fourth-order valence-corrected chi connectivity index (χ4v) is 3.93. The molecule has 1 aliphatic heterocycles. The molecule has 5 nitrogen and oxygen atoms in total. The molecule has 20 heavy (non-hydrogen) atoms. The molecular weight excluding hydrogens is 292 g/mol. The van der Waals surface area contributed by atoms with Gasteiger partial charge in [0.25, 0.3) is 0 Å². The summed E-state index contributed by atoms with van der Waals surface area (Å²) in [4.78, 5) is 14.1. The van der Waals surface area contributed by atoms with Crippen LogP contribution in [-0.4, -0.2) is 45.9 Å². The van der Waals surface area contributed by atoms with Gasteiger partial charge < -0.3 is 10.2 Å². The summed E-state index contributed by atoms with van der Waals surface area (Å²) in [6, 6.07) is 0.595. The lowest BCUT2D eigenvalue weighted by Crippen LogP contribution is -2.38. The molecule has 1 aliphatic carbocycles. The van der Waals surface area contributed by atoms with Gasteiger partial charge in [-0.2, -0.15) is 0 Å². The SMILES string of the molecule is CC1CCN(C(=O)CSc2nnc(NC3CC3)s2)CC1. The highest BCUT2D eigenvalue weighted by Gasteiger charge is 2.23. The largest absolute Gasteiger partial charge is 0.357 e. The van der Waals surface area contributed by atoms with Crippen molar-refractivity contribution < 1.29 is 4.79 Å². The Labute approximate surface area is 127 Å². The molecule has 1 aromatic rings. The molecule has 0 unspecified atom stereocenters. The summed E-state index contributed by atoms with van der Waals surface area (Å²) < 4.78 is 0.881. The van der Waals surface area contributed by atoms with Gasteiger partial charge in [0, 0.05) is 19.1 Å². The van der Waals surface area contributed by atoms with Gasteiger partial charge in [-0.3, -0.25) is 4.79 Å². The van der Waals surface area contributed by atoms with Gasteiger partial charge in [0.15, 0.2) is 4.34 Å². The second-order valence-corrected chi connectivity index (χ2v) is 7.84. The normalized spacial score (nSPS) is 20.1. The van der Waals surface area contributed by atoms with Crippen molar-refractivity contribution in [1.82, 2.24) is 15.1 Å². The molecule has 110 valence electrons. The number of piperidine rings is 1. The number of nitrogens with one attached hydrogen (secondary N) is 1. The first-order valence-corrected chi connectivity index (χ1v) is 9.01. The van der Waals surface area contributed by atoms with Gasteiger partial charge in [0.2, 0.25) is 11.0 Å². The van der Waals surface area contributed by atoms with E-state index in [1.807, 2.05) is 4.90 Å². The Kier molecular flexibility index (Phi) is 4.45. The molecule has 3 rings (SSSR count). The van der Waals surface area contributed by atoms with E-state index in [0.29, 0.717) is 11.8 Å². The van der Waals surface area contributed by atoms with Crippen molar-refractivity contribution in [2.75, 3.05) is 24.2 Å². The highest BCUT2D eigenvalue weighted by Crippen LogP contribution is 2.30. The van der Waals surface area contributed by atoms with E-state index in [2.05, 4.69) is 22.4 Å². The maximum Gasteiger partial charge on any atom is 0.233 e. The van der Waals surface area contributed by atoms with Crippen LogP contribution in [0.3, 0.4) is 0 Å². The summed E-state index contributed by atoms with van der Waals surface area (Å²) in [5.41, 5.74) is 0. The van der Waals surface area contributed by atoms with Gasteiger partial charge in [0.1, 0.15) is 0 Å². The number of hydrogen-bond acceptors (Lipinski definition) is 6. The van der Waals surface area contributed by atoms with Crippen molar-refractivity contribution in [3.63, 3.8) is 0 Å². The van der Waals surface area contributed by atoms with E-state index in [1.54, 1.807) is 11.3 Å². The number of rotatable bonds is 5. The van der Waals surface area contributed by atoms with E-state index < -0.39 is 0 Å². The van der Waals surface area contributed by atoms with Crippen molar-refractivity contribution >= 4 is 34.1 Å². The monoisotopic (exact) mass is 312 g/mol. The van der Waals surface area contributed by atoms with Gasteiger partial charge in [-0.05, 0) is 31.6 Å². The van der Waals surface area contributed by atoms with Crippen LogP contribution in [0.15, 0.2) is 4.34 Å². The van der Waals surface area contributed by atoms with Crippen LogP contribution >= 0.6 is 23.1 Å². The zero-order chi connectivity index (χ0) is 13.9. The third-order valence-electron chi connectivity index (χ3n) is 3.77. The molecule has 1 aromatic heterocycles. The minimum Gasteiger partial charge on any atom is -0.357 e. The summed E-state index contributed by atoms with van der Waals surface area (Å²) in [7, 11) is 0. The quantitative estimate of drug-likeness (QED) is 0.846. The molecule has 2 fully saturated rings. The predicted molar refractivity (Wildman–Crippen MR) is 82.3 cm³/mol. The van der Waals surface area contributed by atoms with Crippen molar-refractivity contribution in [1.29, 1.82) is 0 Å². The lowest BCUT2D eigenvalue weighted by Gasteiger charge is -2.30. The molecule has 0 aromatic carbocycles. The topological polar surface area (TPSA) is 58.1 Å². The molecule has 0 spiro atoms. The lowest BCUT2D eigenvalue weighted by molar-refractivity contribution is -0.129. The van der Waals surface area contributed by atoms with Gasteiger partial charge in [-0.25, -0.2) is 0 Å². The number of carbonyl (C=O) groups is 1. The summed E-state index contributed by atoms with van der Waals surface area (Å²) >= 11 is 3.05. The Morgan fingerprint density at radius 2 is 2.10 bits per heavy atom. The van der Waals surface area contributed by atoms with Crippen molar-refractivity contribution in [2.45, 2.75) is 43.0 Å². The Morgan fingerprint density at radius 3 is 2.80 bits per heavy atom. The van der Waals surface area contributed by atoms with Gasteiger partial charge in [-0.1, -0.05) is 30.0 Å². The number of carbonyl (C=O) groups excluding carboxylic acids is 1. The number of nitrogens with zero attached hydrogens (tertiary/aromatic N) is 3. The zero-order valence-corrected chi connectivity index (χ0v) is 13.3. The molecular formula is C13H20N4OS2. The Hall–Kier alpha value is -0.820. The van der Waals surface area contributed by atoms with Crippen LogP contribution in [0, 0.1) is 5.92 Å². The van der Waals surface area contributed by atoms with Crippen LogP contribution in [0.25, 0.3) is 0 Å². The molecule has 0 bridgehead atoms. The van der Waals surface area contributed by atoms with Crippen LogP contribution in [0.5, 0.6) is 0 Å². The Balaban J connectivity index is 1.43. The van der Waals surface area contributed by atoms with Gasteiger partial charge >= 0.3 is 0 Å². The number of likely N-dealkylation sites (tertiary alicyclic amines) is 1. The van der Waals surface area contributed by atoms with Crippen LogP contribution in [0.2, 0.25) is 0 Å². The third-order valence-corrected chi connectivity index (χ3v) is 5.74. The average molecular weight is 312 g/mol. The van der Waals surface area contributed by atoms with Crippen LogP contribution < -0.4 is 5.32 Å². The van der Waals surface area contributed by atoms with Crippen molar-refractivity contribution in [3.05, 3.63) is 0 Å².